The largest absolute Gasteiger partial charge is 0.330 e. The minimum atomic E-state index is 0. The molecule has 1 aromatic carbocycles. The third-order valence-corrected chi connectivity index (χ3v) is 4.93. The lowest BCUT2D eigenvalue weighted by Crippen LogP contribution is -2.52. The molecule has 1 aliphatic heterocycles. The van der Waals surface area contributed by atoms with Gasteiger partial charge in [-0.15, -0.1) is 12.4 Å². The molecule has 2 heterocycles. The van der Waals surface area contributed by atoms with Gasteiger partial charge in [-0.3, -0.25) is 4.90 Å². The second-order valence-electron chi connectivity index (χ2n) is 6.81. The summed E-state index contributed by atoms with van der Waals surface area (Å²) >= 11 is 6.08. The van der Waals surface area contributed by atoms with Gasteiger partial charge in [0.2, 0.25) is 0 Å². The lowest BCUT2D eigenvalue weighted by Gasteiger charge is -2.42. The van der Waals surface area contributed by atoms with Crippen LogP contribution in [0.2, 0.25) is 5.02 Å². The first-order valence-electron chi connectivity index (χ1n) is 7.45. The Morgan fingerprint density at radius 3 is 2.82 bits per heavy atom. The number of hydrogen-bond acceptors (Lipinski definition) is 3. The third-order valence-electron chi connectivity index (χ3n) is 4.69. The van der Waals surface area contributed by atoms with E-state index in [0.29, 0.717) is 0 Å². The van der Waals surface area contributed by atoms with Crippen molar-refractivity contribution in [2.75, 3.05) is 13.1 Å². The highest BCUT2D eigenvalue weighted by Crippen LogP contribution is 2.29. The van der Waals surface area contributed by atoms with Gasteiger partial charge in [0.15, 0.2) is 0 Å². The molecule has 122 valence electrons. The summed E-state index contributed by atoms with van der Waals surface area (Å²) in [5.41, 5.74) is 8.47. The molecule has 4 nitrogen and oxygen atoms in total. The van der Waals surface area contributed by atoms with Gasteiger partial charge >= 0.3 is 0 Å². The summed E-state index contributed by atoms with van der Waals surface area (Å²) in [7, 11) is 2.06. The Bertz CT molecular complexity index is 665. The molecule has 3 rings (SSSR count). The van der Waals surface area contributed by atoms with Gasteiger partial charge in [0.05, 0.1) is 17.6 Å². The fourth-order valence-corrected chi connectivity index (χ4v) is 3.34. The molecule has 1 saturated heterocycles. The van der Waals surface area contributed by atoms with E-state index in [-0.39, 0.29) is 23.9 Å². The van der Waals surface area contributed by atoms with Crippen molar-refractivity contribution in [2.45, 2.75) is 32.9 Å². The highest BCUT2D eigenvalue weighted by Gasteiger charge is 2.33. The third kappa shape index (κ3) is 3.25. The van der Waals surface area contributed by atoms with E-state index in [9.17, 15) is 0 Å². The number of aromatic nitrogens is 2. The Kier molecular flexibility index (Phi) is 5.07. The molecule has 1 fully saturated rings. The highest BCUT2D eigenvalue weighted by molar-refractivity contribution is 6.31. The minimum Gasteiger partial charge on any atom is -0.330 e. The molecule has 0 spiro atoms. The van der Waals surface area contributed by atoms with Gasteiger partial charge in [-0.05, 0) is 30.0 Å². The van der Waals surface area contributed by atoms with Crippen molar-refractivity contribution in [3.05, 3.63) is 29.0 Å². The molecular weight excluding hydrogens is 319 g/mol. The number of piperidine rings is 1. The quantitative estimate of drug-likeness (QED) is 0.911. The van der Waals surface area contributed by atoms with Gasteiger partial charge in [0.1, 0.15) is 5.82 Å². The van der Waals surface area contributed by atoms with Crippen molar-refractivity contribution in [3.8, 4) is 0 Å². The molecule has 0 radical (unpaired) electrons. The lowest BCUT2D eigenvalue weighted by atomic mass is 9.80. The van der Waals surface area contributed by atoms with E-state index >= 15 is 0 Å². The molecular formula is C16H24Cl2N4. The van der Waals surface area contributed by atoms with Crippen LogP contribution in [0, 0.1) is 5.41 Å². The number of imidazole rings is 1. The molecule has 6 heteroatoms. The molecule has 0 amide bonds. The average Bonchev–Trinajstić information content (AvgIpc) is 2.71. The SMILES string of the molecule is Cl.Cn1c(CN2CCC(N)C(C)(C)C2)nc2ccc(Cl)cc21. The normalized spacial score (nSPS) is 21.8. The highest BCUT2D eigenvalue weighted by atomic mass is 35.5. The standard InChI is InChI=1S/C16H23ClN4.ClH/c1-16(2)10-21(7-6-14(16)18)9-15-19-12-5-4-11(17)8-13(12)20(15)3;/h4-5,8,14H,6-7,9-10,18H2,1-3H3;1H. The fraction of sp³-hybridized carbons (Fsp3) is 0.562. The number of fused-ring (bicyclic) bond motifs is 1. The zero-order valence-electron chi connectivity index (χ0n) is 13.3. The zero-order chi connectivity index (χ0) is 15.2. The summed E-state index contributed by atoms with van der Waals surface area (Å²) in [6.07, 6.45) is 1.04. The van der Waals surface area contributed by atoms with Crippen LogP contribution in [0.5, 0.6) is 0 Å². The molecule has 1 atom stereocenters. The van der Waals surface area contributed by atoms with Crippen LogP contribution in [0.4, 0.5) is 0 Å². The fourth-order valence-electron chi connectivity index (χ4n) is 3.17. The van der Waals surface area contributed by atoms with Crippen LogP contribution in [-0.2, 0) is 13.6 Å². The maximum absolute atomic E-state index is 6.21. The molecule has 0 bridgehead atoms. The monoisotopic (exact) mass is 342 g/mol. The van der Waals surface area contributed by atoms with Crippen LogP contribution in [-0.4, -0.2) is 33.6 Å². The van der Waals surface area contributed by atoms with Crippen molar-refractivity contribution in [1.29, 1.82) is 0 Å². The predicted molar refractivity (Wildman–Crippen MR) is 94.6 cm³/mol. The van der Waals surface area contributed by atoms with Crippen molar-refractivity contribution in [2.24, 2.45) is 18.2 Å². The maximum atomic E-state index is 6.21. The van der Waals surface area contributed by atoms with Gasteiger partial charge in [0.25, 0.3) is 0 Å². The average molecular weight is 343 g/mol. The summed E-state index contributed by atoms with van der Waals surface area (Å²) in [6, 6.07) is 6.14. The van der Waals surface area contributed by atoms with Gasteiger partial charge < -0.3 is 10.3 Å². The van der Waals surface area contributed by atoms with E-state index in [1.54, 1.807) is 0 Å². The first kappa shape index (κ1) is 17.5. The van der Waals surface area contributed by atoms with Gasteiger partial charge in [-0.25, -0.2) is 4.98 Å². The number of halogens is 2. The predicted octanol–water partition coefficient (Wildman–Crippen LogP) is 3.21. The minimum absolute atomic E-state index is 0. The van der Waals surface area contributed by atoms with E-state index in [1.165, 1.54) is 0 Å². The number of nitrogens with two attached hydrogens (primary N) is 1. The van der Waals surface area contributed by atoms with E-state index in [2.05, 4.69) is 30.4 Å². The Morgan fingerprint density at radius 1 is 1.41 bits per heavy atom. The smallest absolute Gasteiger partial charge is 0.123 e. The van der Waals surface area contributed by atoms with Crippen molar-refractivity contribution in [3.63, 3.8) is 0 Å². The second kappa shape index (κ2) is 6.36. The zero-order valence-corrected chi connectivity index (χ0v) is 14.9. The van der Waals surface area contributed by atoms with E-state index < -0.39 is 0 Å². The Labute approximate surface area is 143 Å². The summed E-state index contributed by atoms with van der Waals surface area (Å²) in [5, 5.41) is 0.752. The van der Waals surface area contributed by atoms with Gasteiger partial charge in [-0.1, -0.05) is 25.4 Å². The van der Waals surface area contributed by atoms with Gasteiger partial charge in [0, 0.05) is 31.2 Å². The number of nitrogens with zero attached hydrogens (tertiary/aromatic N) is 3. The molecule has 0 aliphatic carbocycles. The molecule has 0 saturated carbocycles. The van der Waals surface area contributed by atoms with Crippen LogP contribution in [0.1, 0.15) is 26.1 Å². The number of rotatable bonds is 2. The van der Waals surface area contributed by atoms with E-state index in [1.807, 2.05) is 18.2 Å². The summed E-state index contributed by atoms with van der Waals surface area (Å²) in [4.78, 5) is 7.20. The van der Waals surface area contributed by atoms with E-state index in [0.717, 1.165) is 47.9 Å². The molecule has 2 N–H and O–H groups in total. The Hall–Kier alpha value is -0.810. The molecule has 1 aliphatic rings. The molecule has 22 heavy (non-hydrogen) atoms. The van der Waals surface area contributed by atoms with Crippen molar-refractivity contribution < 1.29 is 0 Å². The molecule has 1 aromatic heterocycles. The number of benzene rings is 1. The second-order valence-corrected chi connectivity index (χ2v) is 7.25. The van der Waals surface area contributed by atoms with E-state index in [4.69, 9.17) is 22.3 Å². The van der Waals surface area contributed by atoms with Crippen LogP contribution in [0.25, 0.3) is 11.0 Å². The Morgan fingerprint density at radius 2 is 2.14 bits per heavy atom. The maximum Gasteiger partial charge on any atom is 0.123 e. The summed E-state index contributed by atoms with van der Waals surface area (Å²) in [6.45, 7) is 7.41. The topological polar surface area (TPSA) is 47.1 Å². The van der Waals surface area contributed by atoms with Gasteiger partial charge in [-0.2, -0.15) is 0 Å². The summed E-state index contributed by atoms with van der Waals surface area (Å²) in [5.74, 6) is 1.08. The molecule has 1 unspecified atom stereocenters. The molecule has 2 aromatic rings. The lowest BCUT2D eigenvalue weighted by molar-refractivity contribution is 0.0873. The van der Waals surface area contributed by atoms with Crippen LogP contribution < -0.4 is 5.73 Å². The number of likely N-dealkylation sites (tertiary alicyclic amines) is 1. The Balaban J connectivity index is 0.00000176. The summed E-state index contributed by atoms with van der Waals surface area (Å²) < 4.78 is 2.14. The first-order valence-corrected chi connectivity index (χ1v) is 7.83. The van der Waals surface area contributed by atoms with Crippen molar-refractivity contribution >= 4 is 35.0 Å². The van der Waals surface area contributed by atoms with Crippen LogP contribution in [0.15, 0.2) is 18.2 Å². The van der Waals surface area contributed by atoms with Crippen molar-refractivity contribution in [1.82, 2.24) is 14.5 Å². The first-order chi connectivity index (χ1) is 9.87. The van der Waals surface area contributed by atoms with Crippen LogP contribution >= 0.6 is 24.0 Å². The number of aryl methyl sites for hydroxylation is 1. The van der Waals surface area contributed by atoms with Crippen LogP contribution in [0.3, 0.4) is 0 Å². The number of hydrogen-bond donors (Lipinski definition) is 1.